The lowest BCUT2D eigenvalue weighted by molar-refractivity contribution is 0.0996. The number of amides is 3. The zero-order valence-corrected chi connectivity index (χ0v) is 13.6. The number of carbonyl (C=O) groups excluding carboxylic acids is 2. The SMILES string of the molecule is Cc1ccc(NC(=O)Nc2cccc(NC(=O)c3ccco3)c2)cc1. The molecular weight excluding hydrogens is 318 g/mol. The molecule has 0 aliphatic carbocycles. The molecule has 0 fully saturated rings. The third kappa shape index (κ3) is 4.48. The van der Waals surface area contributed by atoms with E-state index in [2.05, 4.69) is 16.0 Å². The predicted molar refractivity (Wildman–Crippen MR) is 96.9 cm³/mol. The monoisotopic (exact) mass is 335 g/mol. The standard InChI is InChI=1S/C19H17N3O3/c1-13-7-9-14(10-8-13)21-19(24)22-16-5-2-4-15(12-16)20-18(23)17-6-3-11-25-17/h2-12H,1H3,(H,20,23)(H2,21,22,24). The van der Waals surface area contributed by atoms with Crippen LogP contribution in [-0.2, 0) is 0 Å². The van der Waals surface area contributed by atoms with Crippen LogP contribution in [0.4, 0.5) is 21.9 Å². The van der Waals surface area contributed by atoms with E-state index in [4.69, 9.17) is 4.42 Å². The van der Waals surface area contributed by atoms with Crippen LogP contribution in [0.1, 0.15) is 16.1 Å². The van der Waals surface area contributed by atoms with Crippen molar-refractivity contribution in [3.8, 4) is 0 Å². The molecule has 6 nitrogen and oxygen atoms in total. The first-order chi connectivity index (χ1) is 12.1. The summed E-state index contributed by atoms with van der Waals surface area (Å²) in [6, 6.07) is 17.2. The zero-order valence-electron chi connectivity index (χ0n) is 13.6. The Kier molecular flexibility index (Phi) is 4.80. The molecule has 3 N–H and O–H groups in total. The molecule has 3 aromatic rings. The van der Waals surface area contributed by atoms with Gasteiger partial charge in [0, 0.05) is 17.1 Å². The van der Waals surface area contributed by atoms with Crippen molar-refractivity contribution >= 4 is 29.0 Å². The van der Waals surface area contributed by atoms with E-state index in [0.717, 1.165) is 5.56 Å². The fourth-order valence-corrected chi connectivity index (χ4v) is 2.21. The second kappa shape index (κ2) is 7.35. The Morgan fingerprint density at radius 3 is 2.16 bits per heavy atom. The van der Waals surface area contributed by atoms with Crippen molar-refractivity contribution < 1.29 is 14.0 Å². The van der Waals surface area contributed by atoms with Gasteiger partial charge in [0.15, 0.2) is 5.76 Å². The van der Waals surface area contributed by atoms with Crippen LogP contribution in [0.25, 0.3) is 0 Å². The molecule has 0 aliphatic heterocycles. The van der Waals surface area contributed by atoms with Crippen LogP contribution >= 0.6 is 0 Å². The highest BCUT2D eigenvalue weighted by atomic mass is 16.3. The summed E-state index contributed by atoms with van der Waals surface area (Å²) >= 11 is 0. The summed E-state index contributed by atoms with van der Waals surface area (Å²) in [6.07, 6.45) is 1.43. The summed E-state index contributed by atoms with van der Waals surface area (Å²) in [5.74, 6) is -0.137. The first-order valence-electron chi connectivity index (χ1n) is 7.70. The van der Waals surface area contributed by atoms with Crippen LogP contribution in [0.5, 0.6) is 0 Å². The molecule has 0 atom stereocenters. The van der Waals surface area contributed by atoms with Crippen molar-refractivity contribution in [1.82, 2.24) is 0 Å². The highest BCUT2D eigenvalue weighted by Crippen LogP contribution is 2.17. The number of nitrogens with one attached hydrogen (secondary N) is 3. The second-order valence-electron chi connectivity index (χ2n) is 5.46. The van der Waals surface area contributed by atoms with Crippen molar-refractivity contribution in [3.05, 3.63) is 78.3 Å². The molecule has 0 saturated carbocycles. The van der Waals surface area contributed by atoms with Crippen molar-refractivity contribution in [1.29, 1.82) is 0 Å². The maximum Gasteiger partial charge on any atom is 0.323 e. The third-order valence-corrected chi connectivity index (χ3v) is 3.43. The Labute approximate surface area is 144 Å². The number of hydrogen-bond acceptors (Lipinski definition) is 3. The smallest absolute Gasteiger partial charge is 0.323 e. The van der Waals surface area contributed by atoms with Crippen LogP contribution in [0.2, 0.25) is 0 Å². The van der Waals surface area contributed by atoms with Gasteiger partial charge in [0.25, 0.3) is 5.91 Å². The molecule has 126 valence electrons. The largest absolute Gasteiger partial charge is 0.459 e. The van der Waals surface area contributed by atoms with Crippen LogP contribution in [0.3, 0.4) is 0 Å². The lowest BCUT2D eigenvalue weighted by Gasteiger charge is -2.09. The molecule has 0 aliphatic rings. The van der Waals surface area contributed by atoms with E-state index < -0.39 is 0 Å². The van der Waals surface area contributed by atoms with E-state index in [1.165, 1.54) is 6.26 Å². The molecule has 1 aromatic heterocycles. The summed E-state index contributed by atoms with van der Waals surface area (Å²) < 4.78 is 5.05. The van der Waals surface area contributed by atoms with Gasteiger partial charge in [-0.25, -0.2) is 4.79 Å². The minimum atomic E-state index is -0.363. The number of hydrogen-bond donors (Lipinski definition) is 3. The van der Waals surface area contributed by atoms with Gasteiger partial charge in [-0.2, -0.15) is 0 Å². The first-order valence-corrected chi connectivity index (χ1v) is 7.70. The number of urea groups is 1. The minimum Gasteiger partial charge on any atom is -0.459 e. The second-order valence-corrected chi connectivity index (χ2v) is 5.46. The third-order valence-electron chi connectivity index (χ3n) is 3.43. The number of furan rings is 1. The van der Waals surface area contributed by atoms with Crippen molar-refractivity contribution in [2.24, 2.45) is 0 Å². The molecule has 0 spiro atoms. The Morgan fingerprint density at radius 2 is 1.48 bits per heavy atom. The van der Waals surface area contributed by atoms with Crippen LogP contribution in [-0.4, -0.2) is 11.9 Å². The van der Waals surface area contributed by atoms with Crippen molar-refractivity contribution in [2.45, 2.75) is 6.92 Å². The lowest BCUT2D eigenvalue weighted by Crippen LogP contribution is -2.19. The number of anilines is 3. The number of carbonyl (C=O) groups is 2. The maximum absolute atomic E-state index is 12.1. The van der Waals surface area contributed by atoms with E-state index >= 15 is 0 Å². The van der Waals surface area contributed by atoms with Gasteiger partial charge in [0.1, 0.15) is 0 Å². The normalized spacial score (nSPS) is 10.1. The molecular formula is C19H17N3O3. The van der Waals surface area contributed by atoms with Crippen molar-refractivity contribution in [2.75, 3.05) is 16.0 Å². The van der Waals surface area contributed by atoms with Gasteiger partial charge in [0.2, 0.25) is 0 Å². The quantitative estimate of drug-likeness (QED) is 0.657. The average Bonchev–Trinajstić information content (AvgIpc) is 3.12. The van der Waals surface area contributed by atoms with Gasteiger partial charge in [0.05, 0.1) is 6.26 Å². The Balaban J connectivity index is 1.62. The Hall–Kier alpha value is -3.54. The van der Waals surface area contributed by atoms with Gasteiger partial charge in [-0.15, -0.1) is 0 Å². The molecule has 0 bridgehead atoms. The topological polar surface area (TPSA) is 83.4 Å². The van der Waals surface area contributed by atoms with Crippen LogP contribution in [0.15, 0.2) is 71.3 Å². The summed E-state index contributed by atoms with van der Waals surface area (Å²) in [5.41, 5.74) is 2.92. The molecule has 2 aromatic carbocycles. The molecule has 0 radical (unpaired) electrons. The van der Waals surface area contributed by atoms with E-state index in [1.54, 1.807) is 36.4 Å². The van der Waals surface area contributed by atoms with Gasteiger partial charge < -0.3 is 20.4 Å². The molecule has 1 heterocycles. The van der Waals surface area contributed by atoms with E-state index in [0.29, 0.717) is 17.1 Å². The minimum absolute atomic E-state index is 0.218. The zero-order chi connectivity index (χ0) is 17.6. The van der Waals surface area contributed by atoms with Gasteiger partial charge in [-0.3, -0.25) is 4.79 Å². The predicted octanol–water partition coefficient (Wildman–Crippen LogP) is 4.48. The fourth-order valence-electron chi connectivity index (χ4n) is 2.21. The van der Waals surface area contributed by atoms with Gasteiger partial charge in [-0.05, 0) is 49.4 Å². The van der Waals surface area contributed by atoms with E-state index in [1.807, 2.05) is 31.2 Å². The summed E-state index contributed by atoms with van der Waals surface area (Å²) in [4.78, 5) is 24.0. The maximum atomic E-state index is 12.1. The molecule has 6 heteroatoms. The van der Waals surface area contributed by atoms with E-state index in [-0.39, 0.29) is 17.7 Å². The highest BCUT2D eigenvalue weighted by molar-refractivity contribution is 6.03. The highest BCUT2D eigenvalue weighted by Gasteiger charge is 2.09. The van der Waals surface area contributed by atoms with Crippen molar-refractivity contribution in [3.63, 3.8) is 0 Å². The van der Waals surface area contributed by atoms with Crippen LogP contribution in [0, 0.1) is 6.92 Å². The molecule has 3 amide bonds. The number of rotatable bonds is 4. The number of aryl methyl sites for hydroxylation is 1. The van der Waals surface area contributed by atoms with Crippen LogP contribution < -0.4 is 16.0 Å². The molecule has 0 unspecified atom stereocenters. The summed E-state index contributed by atoms with van der Waals surface area (Å²) in [6.45, 7) is 1.98. The summed E-state index contributed by atoms with van der Waals surface area (Å²) in [5, 5.41) is 8.19. The lowest BCUT2D eigenvalue weighted by atomic mass is 10.2. The number of benzene rings is 2. The summed E-state index contributed by atoms with van der Waals surface area (Å²) in [7, 11) is 0. The van der Waals surface area contributed by atoms with E-state index in [9.17, 15) is 9.59 Å². The Bertz CT molecular complexity index is 871. The fraction of sp³-hybridized carbons (Fsp3) is 0.0526. The van der Waals surface area contributed by atoms with Gasteiger partial charge >= 0.3 is 6.03 Å². The Morgan fingerprint density at radius 1 is 0.800 bits per heavy atom. The van der Waals surface area contributed by atoms with Gasteiger partial charge in [-0.1, -0.05) is 23.8 Å². The molecule has 0 saturated heterocycles. The molecule has 3 rings (SSSR count). The average molecular weight is 335 g/mol. The first kappa shape index (κ1) is 16.3. The molecule has 25 heavy (non-hydrogen) atoms.